The van der Waals surface area contributed by atoms with Crippen LogP contribution >= 0.6 is 0 Å². The summed E-state index contributed by atoms with van der Waals surface area (Å²) in [4.78, 5) is 0. The van der Waals surface area contributed by atoms with Crippen LogP contribution < -0.4 is 15.1 Å². The second-order valence-electron chi connectivity index (χ2n) is 0.289. The van der Waals surface area contributed by atoms with E-state index in [1.807, 2.05) is 0 Å². The van der Waals surface area contributed by atoms with Gasteiger partial charge in [0.15, 0.2) is 0 Å². The van der Waals surface area contributed by atoms with Crippen LogP contribution in [0.1, 0.15) is 0 Å². The van der Waals surface area contributed by atoms with Crippen molar-refractivity contribution in [2.75, 3.05) is 0 Å². The Morgan fingerprint density at radius 2 is 1.00 bits per heavy atom. The van der Waals surface area contributed by atoms with Crippen molar-refractivity contribution in [3.05, 3.63) is 0 Å². The molecule has 0 saturated heterocycles. The fourth-order valence-electron chi connectivity index (χ4n) is 0. The van der Waals surface area contributed by atoms with Crippen LogP contribution in [0.2, 0.25) is 0 Å². The second kappa shape index (κ2) is 9.38. The fraction of sp³-hybridized carbons (Fsp3) is 0. The molecule has 0 spiro atoms. The van der Waals surface area contributed by atoms with E-state index in [0.29, 0.717) is 0 Å². The summed E-state index contributed by atoms with van der Waals surface area (Å²) in [6.45, 7) is 0. The zero-order valence-electron chi connectivity index (χ0n) is 2.96. The molecule has 0 aliphatic rings. The monoisotopic (exact) mass is 120 g/mol. The van der Waals surface area contributed by atoms with Crippen LogP contribution in [0.15, 0.2) is 0 Å². The molecule has 0 atom stereocenters. The first-order chi connectivity index (χ1) is 1.73. The summed E-state index contributed by atoms with van der Waals surface area (Å²) in [5.41, 5.74) is 0. The van der Waals surface area contributed by atoms with Gasteiger partial charge in [-0.3, -0.25) is 7.32 Å². The van der Waals surface area contributed by atoms with Crippen LogP contribution in [0.25, 0.3) is 0 Å². The molecule has 0 aliphatic carbocycles. The average molecular weight is 121 g/mol. The van der Waals surface area contributed by atoms with Crippen LogP contribution in [0.5, 0.6) is 0 Å². The molecule has 0 amide bonds. The van der Waals surface area contributed by atoms with E-state index in [0.717, 1.165) is 0 Å². The van der Waals surface area contributed by atoms with Gasteiger partial charge in [0.05, 0.1) is 12.4 Å². The predicted octanol–water partition coefficient (Wildman–Crippen LogP) is -4.86. The molecule has 0 aromatic carbocycles. The van der Waals surface area contributed by atoms with Gasteiger partial charge in [0.2, 0.25) is 0 Å². The second-order valence-corrected chi connectivity index (χ2v) is 0.289. The molecular weight excluding hydrogens is 119 g/mol. The van der Waals surface area contributed by atoms with Gasteiger partial charge in [-0.15, -0.1) is 0 Å². The van der Waals surface area contributed by atoms with E-state index in [2.05, 4.69) is 0 Å². The first kappa shape index (κ1) is 15.7. The van der Waals surface area contributed by atoms with Crippen LogP contribution in [0.3, 0.4) is 0 Å². The maximum atomic E-state index is 8.42. The molecule has 0 aromatic rings. The number of hydrogen-bond donors (Lipinski definition) is 0. The normalized spacial score (nSPS) is 4.50. The molecule has 6 heavy (non-hydrogen) atoms. The summed E-state index contributed by atoms with van der Waals surface area (Å²) in [7, 11) is -2.92. The molecule has 0 heterocycles. The van der Waals surface area contributed by atoms with Crippen molar-refractivity contribution in [2.24, 2.45) is 0 Å². The smallest absolute Gasteiger partial charge is 0.907 e. The van der Waals surface area contributed by atoms with Crippen molar-refractivity contribution >= 4 is 30.4 Å². The van der Waals surface area contributed by atoms with Crippen molar-refractivity contribution < 1.29 is 27.5 Å². The van der Waals surface area contributed by atoms with Gasteiger partial charge in [0.25, 0.3) is 0 Å². The van der Waals surface area contributed by atoms with Crippen LogP contribution in [-0.4, -0.2) is 30.4 Å². The average Bonchev–Trinajstić information content (AvgIpc) is 0.811. The summed E-state index contributed by atoms with van der Waals surface area (Å²) in [6.07, 6.45) is 0. The van der Waals surface area contributed by atoms with Crippen LogP contribution in [0.4, 0.5) is 0 Å². The molecular formula is H2BClMgO3. The molecule has 0 unspecified atom stereocenters. The molecule has 0 saturated carbocycles. The SMILES string of the molecule is [ClH2+].[Mg+2].[O-]B([O-])[O-]. The minimum Gasteiger partial charge on any atom is -0.907 e. The molecule has 32 valence electrons. The van der Waals surface area contributed by atoms with Crippen molar-refractivity contribution in [3.63, 3.8) is 0 Å². The van der Waals surface area contributed by atoms with E-state index < -0.39 is 7.32 Å². The Morgan fingerprint density at radius 1 is 1.00 bits per heavy atom. The Hall–Kier alpha value is 1.00. The minimum absolute atomic E-state index is 0. The third-order valence-corrected chi connectivity index (χ3v) is 0. The molecule has 0 rings (SSSR count). The van der Waals surface area contributed by atoms with E-state index >= 15 is 0 Å². The van der Waals surface area contributed by atoms with Crippen molar-refractivity contribution in [1.82, 2.24) is 0 Å². The predicted molar refractivity (Wildman–Crippen MR) is 14.3 cm³/mol. The van der Waals surface area contributed by atoms with E-state index in [1.165, 1.54) is 0 Å². The van der Waals surface area contributed by atoms with E-state index in [9.17, 15) is 0 Å². The summed E-state index contributed by atoms with van der Waals surface area (Å²) in [6, 6.07) is 0. The van der Waals surface area contributed by atoms with Crippen LogP contribution in [-0.2, 0) is 0 Å². The molecule has 0 aliphatic heterocycles. The molecule has 3 nitrogen and oxygen atoms in total. The van der Waals surface area contributed by atoms with Gasteiger partial charge in [0, 0.05) is 0 Å². The number of halogens is 1. The topological polar surface area (TPSA) is 69.2 Å². The number of hydrogen-bond acceptors (Lipinski definition) is 3. The third-order valence-electron chi connectivity index (χ3n) is 0. The Morgan fingerprint density at radius 3 is 1.00 bits per heavy atom. The van der Waals surface area contributed by atoms with Gasteiger partial charge < -0.3 is 15.1 Å². The minimum atomic E-state index is -2.92. The molecule has 0 bridgehead atoms. The van der Waals surface area contributed by atoms with Gasteiger partial charge in [-0.05, 0) is 0 Å². The first-order valence-corrected chi connectivity index (χ1v) is 0.707. The van der Waals surface area contributed by atoms with E-state index in [4.69, 9.17) is 15.1 Å². The van der Waals surface area contributed by atoms with Gasteiger partial charge >= 0.3 is 23.1 Å². The van der Waals surface area contributed by atoms with E-state index in [1.54, 1.807) is 0 Å². The standard InChI is InChI=1S/BO3.ClH2.Mg/c2-1(3)4;;/h;1H2;/q-3;+1;+2. The number of rotatable bonds is 0. The van der Waals surface area contributed by atoms with Gasteiger partial charge in [0.1, 0.15) is 0 Å². The molecule has 0 radical (unpaired) electrons. The first-order valence-electron chi connectivity index (χ1n) is 0.707. The summed E-state index contributed by atoms with van der Waals surface area (Å²) in [5.74, 6) is 0. The van der Waals surface area contributed by atoms with Crippen molar-refractivity contribution in [3.8, 4) is 0 Å². The quantitative estimate of drug-likeness (QED) is 0.301. The molecule has 0 N–H and O–H groups in total. The fourth-order valence-corrected chi connectivity index (χ4v) is 0. The maximum absolute atomic E-state index is 8.42. The summed E-state index contributed by atoms with van der Waals surface area (Å²) >= 11 is 0. The van der Waals surface area contributed by atoms with Gasteiger partial charge in [-0.2, -0.15) is 0 Å². The molecule has 6 heteroatoms. The largest absolute Gasteiger partial charge is 2.00 e. The zero-order valence-corrected chi connectivity index (χ0v) is 5.27. The Kier molecular flexibility index (Phi) is 24.6. The van der Waals surface area contributed by atoms with Crippen LogP contribution in [0, 0.1) is 12.4 Å². The maximum Gasteiger partial charge on any atom is 2.00 e. The summed E-state index contributed by atoms with van der Waals surface area (Å²) in [5, 5.41) is 25.2. The Bertz CT molecular complexity index is 15.5. The summed E-state index contributed by atoms with van der Waals surface area (Å²) < 4.78 is 0. The molecule has 0 fully saturated rings. The zero-order chi connectivity index (χ0) is 3.58. The van der Waals surface area contributed by atoms with Crippen molar-refractivity contribution in [2.45, 2.75) is 0 Å². The molecule has 0 aromatic heterocycles. The Balaban J connectivity index is -0.0000000450. The van der Waals surface area contributed by atoms with E-state index in [-0.39, 0.29) is 35.5 Å². The van der Waals surface area contributed by atoms with Gasteiger partial charge in [-0.1, -0.05) is 0 Å². The van der Waals surface area contributed by atoms with Gasteiger partial charge in [-0.25, -0.2) is 0 Å². The third kappa shape index (κ3) is 79.9. The Labute approximate surface area is 58.1 Å². The van der Waals surface area contributed by atoms with Crippen molar-refractivity contribution in [1.29, 1.82) is 0 Å².